The summed E-state index contributed by atoms with van der Waals surface area (Å²) in [4.78, 5) is 69.9. The van der Waals surface area contributed by atoms with Gasteiger partial charge in [-0.1, -0.05) is 0 Å². The van der Waals surface area contributed by atoms with Crippen LogP contribution >= 0.6 is 0 Å². The minimum atomic E-state index is -0.953. The summed E-state index contributed by atoms with van der Waals surface area (Å²) in [7, 11) is 0. The lowest BCUT2D eigenvalue weighted by atomic mass is 10.5. The molecule has 0 spiro atoms. The van der Waals surface area contributed by atoms with Crippen molar-refractivity contribution in [1.82, 2.24) is 9.80 Å². The van der Waals surface area contributed by atoms with Crippen LogP contribution in [0.4, 0.5) is 9.59 Å². The Morgan fingerprint density at radius 1 is 0.500 bits per heavy atom. The molecule has 0 N–H and O–H groups in total. The van der Waals surface area contributed by atoms with Crippen LogP contribution in [-0.4, -0.2) is 112 Å². The molecule has 0 atom stereocenters. The van der Waals surface area contributed by atoms with E-state index in [1.54, 1.807) is 0 Å². The molecule has 0 aliphatic carbocycles. The fraction of sp³-hybridized carbons (Fsp3) is 0.500. The highest BCUT2D eigenvalue weighted by atomic mass is 16.7. The highest BCUT2D eigenvalue weighted by Crippen LogP contribution is 2.03. The van der Waals surface area contributed by atoms with Gasteiger partial charge in [0.25, 0.3) is 23.6 Å². The van der Waals surface area contributed by atoms with Crippen molar-refractivity contribution in [2.24, 2.45) is 0 Å². The molecule has 0 fully saturated rings. The maximum absolute atomic E-state index is 11.4. The highest BCUT2D eigenvalue weighted by molar-refractivity contribution is 6.13. The van der Waals surface area contributed by atoms with E-state index in [0.717, 1.165) is 34.1 Å². The molecule has 34 heavy (non-hydrogen) atoms. The zero-order valence-electron chi connectivity index (χ0n) is 18.2. The molecule has 0 bridgehead atoms. The first-order valence-electron chi connectivity index (χ1n) is 10.2. The van der Waals surface area contributed by atoms with Crippen molar-refractivity contribution in [3.63, 3.8) is 0 Å². The monoisotopic (exact) mass is 484 g/mol. The van der Waals surface area contributed by atoms with E-state index in [1.807, 2.05) is 0 Å². The van der Waals surface area contributed by atoms with E-state index >= 15 is 0 Å². The van der Waals surface area contributed by atoms with E-state index < -0.39 is 35.9 Å². The molecular weight excluding hydrogens is 460 g/mol. The van der Waals surface area contributed by atoms with Gasteiger partial charge < -0.3 is 28.4 Å². The third-order valence-electron chi connectivity index (χ3n) is 4.14. The van der Waals surface area contributed by atoms with Crippen LogP contribution in [-0.2, 0) is 47.6 Å². The van der Waals surface area contributed by atoms with Crippen LogP contribution < -0.4 is 0 Å². The lowest BCUT2D eigenvalue weighted by Gasteiger charge is -2.13. The van der Waals surface area contributed by atoms with E-state index in [2.05, 4.69) is 0 Å². The molecule has 186 valence electrons. The molecule has 0 aromatic rings. The number of hydrogen-bond donors (Lipinski definition) is 0. The Morgan fingerprint density at radius 3 is 1.15 bits per heavy atom. The predicted molar refractivity (Wildman–Crippen MR) is 108 cm³/mol. The number of nitrogens with zero attached hydrogens (tertiary/aromatic N) is 2. The Kier molecular flexibility index (Phi) is 11.2. The summed E-state index contributed by atoms with van der Waals surface area (Å²) in [5, 5.41) is 0. The predicted octanol–water partition coefficient (Wildman–Crippen LogP) is -0.824. The average Bonchev–Trinajstić information content (AvgIpc) is 3.30. The van der Waals surface area contributed by atoms with Gasteiger partial charge in [-0.05, 0) is 0 Å². The lowest BCUT2D eigenvalue weighted by Crippen LogP contribution is -2.33. The van der Waals surface area contributed by atoms with Crippen LogP contribution in [0.25, 0.3) is 0 Å². The molecule has 0 aromatic heterocycles. The van der Waals surface area contributed by atoms with Crippen LogP contribution in [0.15, 0.2) is 24.3 Å². The zero-order valence-corrected chi connectivity index (χ0v) is 18.2. The molecule has 0 saturated heterocycles. The van der Waals surface area contributed by atoms with E-state index in [1.165, 1.54) is 0 Å². The molecule has 0 unspecified atom stereocenters. The van der Waals surface area contributed by atoms with Crippen LogP contribution in [0.2, 0.25) is 0 Å². The number of amides is 4. The molecule has 0 radical (unpaired) electrons. The van der Waals surface area contributed by atoms with Crippen molar-refractivity contribution in [2.45, 2.75) is 0 Å². The largest absolute Gasteiger partial charge is 0.508 e. The summed E-state index contributed by atoms with van der Waals surface area (Å²) in [6, 6.07) is 0. The molecular formula is C20H24N2O12. The number of imide groups is 2. The topological polar surface area (TPSA) is 164 Å². The smallest absolute Gasteiger partial charge is 0.432 e. The van der Waals surface area contributed by atoms with Crippen LogP contribution in [0.1, 0.15) is 0 Å². The molecule has 2 rings (SSSR count). The van der Waals surface area contributed by atoms with Crippen LogP contribution in [0.5, 0.6) is 0 Å². The van der Waals surface area contributed by atoms with Crippen molar-refractivity contribution >= 4 is 35.9 Å². The normalized spacial score (nSPS) is 14.8. The Bertz CT molecular complexity index is 733. The molecule has 14 heteroatoms. The summed E-state index contributed by atoms with van der Waals surface area (Å²) in [5.74, 6) is -1.86. The number of hydrogen-bond acceptors (Lipinski definition) is 12. The fourth-order valence-corrected chi connectivity index (χ4v) is 2.52. The minimum Gasteiger partial charge on any atom is -0.432 e. The fourth-order valence-electron chi connectivity index (χ4n) is 2.52. The second-order valence-electron chi connectivity index (χ2n) is 6.44. The summed E-state index contributed by atoms with van der Waals surface area (Å²) in [6.07, 6.45) is 2.63. The Labute approximate surface area is 193 Å². The van der Waals surface area contributed by atoms with E-state index in [9.17, 15) is 28.8 Å². The summed E-state index contributed by atoms with van der Waals surface area (Å²) >= 11 is 0. The van der Waals surface area contributed by atoms with Gasteiger partial charge in [-0.2, -0.15) is 0 Å². The molecule has 2 aliphatic rings. The van der Waals surface area contributed by atoms with Crippen LogP contribution in [0.3, 0.4) is 0 Å². The van der Waals surface area contributed by atoms with E-state index in [0.29, 0.717) is 0 Å². The third-order valence-corrected chi connectivity index (χ3v) is 4.14. The summed E-state index contributed by atoms with van der Waals surface area (Å²) in [5.41, 5.74) is 0. The third kappa shape index (κ3) is 9.38. The Morgan fingerprint density at radius 2 is 0.794 bits per heavy atom. The number of carbonyl (C=O) groups is 6. The van der Waals surface area contributed by atoms with Gasteiger partial charge >= 0.3 is 12.3 Å². The molecule has 0 saturated carbocycles. The van der Waals surface area contributed by atoms with E-state index in [4.69, 9.17) is 28.4 Å². The van der Waals surface area contributed by atoms with Gasteiger partial charge in [0.15, 0.2) is 0 Å². The maximum atomic E-state index is 11.4. The summed E-state index contributed by atoms with van der Waals surface area (Å²) in [6.45, 7) is -0.0568. The Hall–Kier alpha value is -3.78. The highest BCUT2D eigenvalue weighted by Gasteiger charge is 2.24. The first-order valence-corrected chi connectivity index (χ1v) is 10.2. The second-order valence-corrected chi connectivity index (χ2v) is 6.44. The maximum Gasteiger partial charge on any atom is 0.508 e. The Balaban J connectivity index is 1.33. The van der Waals surface area contributed by atoms with Crippen molar-refractivity contribution < 1.29 is 57.2 Å². The molecule has 4 amide bonds. The molecule has 14 nitrogen and oxygen atoms in total. The van der Waals surface area contributed by atoms with Crippen LogP contribution in [0, 0.1) is 0 Å². The first kappa shape index (κ1) is 26.5. The van der Waals surface area contributed by atoms with Gasteiger partial charge in [0.1, 0.15) is 26.4 Å². The van der Waals surface area contributed by atoms with Gasteiger partial charge in [0.2, 0.25) is 0 Å². The minimum absolute atomic E-state index is 0.0621. The molecule has 2 heterocycles. The lowest BCUT2D eigenvalue weighted by molar-refractivity contribution is -0.139. The second kappa shape index (κ2) is 14.4. The van der Waals surface area contributed by atoms with Gasteiger partial charge in [0, 0.05) is 24.3 Å². The first-order chi connectivity index (χ1) is 16.4. The molecule has 0 aromatic carbocycles. The van der Waals surface area contributed by atoms with Gasteiger partial charge in [-0.3, -0.25) is 29.0 Å². The number of carbonyl (C=O) groups excluding carboxylic acids is 6. The quantitative estimate of drug-likeness (QED) is 0.161. The van der Waals surface area contributed by atoms with Crippen molar-refractivity contribution in [1.29, 1.82) is 0 Å². The van der Waals surface area contributed by atoms with E-state index in [-0.39, 0.29) is 65.9 Å². The van der Waals surface area contributed by atoms with Crippen molar-refractivity contribution in [3.8, 4) is 0 Å². The SMILES string of the molecule is O=C(OCCOCCOCCOC(=O)OCCN1C(=O)C=CC1=O)OCCN1C(=O)C=CC1=O. The standard InChI is InChI=1S/C20H24N2O12/c23-15-1-2-16(24)21(15)5-7-31-19(27)33-13-11-29-9-10-30-12-14-34-20(28)32-8-6-22-17(25)3-4-18(22)26/h1-4H,5-14H2. The molecule has 2 aliphatic heterocycles. The van der Waals surface area contributed by atoms with Gasteiger partial charge in [-0.15, -0.1) is 0 Å². The zero-order chi connectivity index (χ0) is 24.8. The summed E-state index contributed by atoms with van der Waals surface area (Å²) < 4.78 is 29.4. The average molecular weight is 484 g/mol. The van der Waals surface area contributed by atoms with Gasteiger partial charge in [0.05, 0.1) is 39.5 Å². The van der Waals surface area contributed by atoms with Crippen molar-refractivity contribution in [2.75, 3.05) is 65.9 Å². The van der Waals surface area contributed by atoms with Crippen molar-refractivity contribution in [3.05, 3.63) is 24.3 Å². The number of ether oxygens (including phenoxy) is 6. The number of rotatable bonds is 15. The van der Waals surface area contributed by atoms with Gasteiger partial charge in [-0.25, -0.2) is 9.59 Å².